The van der Waals surface area contributed by atoms with Crippen LogP contribution in [0.5, 0.6) is 0 Å². The number of phosphoric ester groups is 2. The molecule has 0 saturated heterocycles. The van der Waals surface area contributed by atoms with Crippen molar-refractivity contribution in [2.75, 3.05) is 39.6 Å². The molecule has 0 rings (SSSR count). The SMILES string of the molecule is CC/C=C\C/C=C\C/C=C\C/C=C\C/C=C\CCCC(=O)OC(COC(=O)CCCCCCCC/C=C\C/C=C\C/C=C\C/C=C\CC)COP(=O)(O)OCC(O)COP(=O)(O)OCC(COC(=O)C/C=C\C/C=C\C/C=C\C/C=C\C/C=C\CC)OC(=O)CCCCCCCCCCCCC. The smallest absolute Gasteiger partial charge is 0.462 e. The Bertz CT molecular complexity index is 2600. The molecule has 0 saturated carbocycles. The van der Waals surface area contributed by atoms with Crippen molar-refractivity contribution < 1.29 is 80.2 Å². The molecule has 0 bridgehead atoms. The van der Waals surface area contributed by atoms with Gasteiger partial charge in [-0.25, -0.2) is 9.13 Å². The van der Waals surface area contributed by atoms with Crippen LogP contribution in [0.2, 0.25) is 0 Å². The second-order valence-corrected chi connectivity index (χ2v) is 27.7. The molecule has 0 aromatic carbocycles. The van der Waals surface area contributed by atoms with Crippen LogP contribution in [0.4, 0.5) is 0 Å². The van der Waals surface area contributed by atoms with Crippen molar-refractivity contribution in [1.29, 1.82) is 0 Å². The summed E-state index contributed by atoms with van der Waals surface area (Å²) in [5, 5.41) is 10.6. The van der Waals surface area contributed by atoms with Gasteiger partial charge in [0.2, 0.25) is 0 Å². The Hall–Kier alpha value is -5.58. The Morgan fingerprint density at radius 2 is 0.559 bits per heavy atom. The lowest BCUT2D eigenvalue weighted by Gasteiger charge is -2.21. The van der Waals surface area contributed by atoms with Crippen LogP contribution in [0, 0.1) is 0 Å². The molecule has 0 fully saturated rings. The van der Waals surface area contributed by atoms with Crippen molar-refractivity contribution in [3.63, 3.8) is 0 Å². The van der Waals surface area contributed by atoms with Gasteiger partial charge in [0.15, 0.2) is 12.2 Å². The van der Waals surface area contributed by atoms with Gasteiger partial charge in [0, 0.05) is 19.3 Å². The second kappa shape index (κ2) is 73.7. The van der Waals surface area contributed by atoms with Gasteiger partial charge < -0.3 is 33.8 Å². The molecule has 17 nitrogen and oxygen atoms in total. The van der Waals surface area contributed by atoms with Gasteiger partial charge in [0.1, 0.15) is 19.3 Å². The maximum absolute atomic E-state index is 13.1. The van der Waals surface area contributed by atoms with E-state index in [2.05, 4.69) is 161 Å². The van der Waals surface area contributed by atoms with Crippen LogP contribution in [0.1, 0.15) is 272 Å². The lowest BCUT2D eigenvalue weighted by Crippen LogP contribution is -2.30. The minimum Gasteiger partial charge on any atom is -0.462 e. The second-order valence-electron chi connectivity index (χ2n) is 24.8. The fourth-order valence-electron chi connectivity index (χ4n) is 9.50. The van der Waals surface area contributed by atoms with E-state index >= 15 is 0 Å². The maximum atomic E-state index is 13.1. The van der Waals surface area contributed by atoms with E-state index < -0.39 is 97.5 Å². The zero-order valence-corrected chi connectivity index (χ0v) is 64.8. The molecule has 5 atom stereocenters. The van der Waals surface area contributed by atoms with E-state index in [9.17, 15) is 43.2 Å². The Morgan fingerprint density at radius 1 is 0.294 bits per heavy atom. The third-order valence-corrected chi connectivity index (χ3v) is 17.1. The molecule has 3 N–H and O–H groups in total. The Kier molecular flexibility index (Phi) is 69.7. The molecule has 0 aliphatic carbocycles. The predicted molar refractivity (Wildman–Crippen MR) is 417 cm³/mol. The first kappa shape index (κ1) is 96.4. The fourth-order valence-corrected chi connectivity index (χ4v) is 11.1. The van der Waals surface area contributed by atoms with Crippen molar-refractivity contribution in [2.24, 2.45) is 0 Å². The van der Waals surface area contributed by atoms with Gasteiger partial charge in [-0.3, -0.25) is 37.3 Å². The molecular weight excluding hydrogens is 1330 g/mol. The molecule has 0 amide bonds. The molecule has 0 spiro atoms. The number of aliphatic hydroxyl groups excluding tert-OH is 1. The summed E-state index contributed by atoms with van der Waals surface area (Å²) in [6.45, 7) is 4.30. The molecule has 0 aliphatic heterocycles. The molecule has 0 aliphatic rings. The summed E-state index contributed by atoms with van der Waals surface area (Å²) >= 11 is 0. The number of allylic oxidation sites excluding steroid dienone is 27. The summed E-state index contributed by atoms with van der Waals surface area (Å²) in [6, 6.07) is 0. The first-order chi connectivity index (χ1) is 49.7. The lowest BCUT2D eigenvalue weighted by molar-refractivity contribution is -0.161. The number of unbranched alkanes of at least 4 members (excludes halogenated alkanes) is 17. The monoisotopic (exact) mass is 1460 g/mol. The minimum atomic E-state index is -5.01. The average Bonchev–Trinajstić information content (AvgIpc) is 0.927. The zero-order chi connectivity index (χ0) is 74.6. The topological polar surface area (TPSA) is 237 Å². The average molecular weight is 1470 g/mol. The van der Waals surface area contributed by atoms with E-state index in [1.807, 2.05) is 30.4 Å². The van der Waals surface area contributed by atoms with Gasteiger partial charge in [0.05, 0.1) is 32.8 Å². The number of esters is 4. The van der Waals surface area contributed by atoms with Crippen molar-refractivity contribution >= 4 is 39.5 Å². The standard InChI is InChI=1S/C83H134O17P2/c1-5-9-13-17-21-25-29-32-35-37-38-40-42-45-49-52-56-60-64-68-81(86)94-74-79(100-83(88)70-66-62-58-54-50-46-43-39-36-33-30-26-22-18-14-10-6-2)76-98-102(91,92)96-72-77(84)71-95-101(89,90)97-75-78(99-82(87)69-65-61-57-53-47-28-24-20-16-12-8-4)73-93-80(85)67-63-59-55-51-48-44-41-34-31-27-23-19-15-11-7-3/h9-11,13-15,21-23,25-27,32-36,38,40-41,43,46,48,51,54,58-59,63,77-79,84H,5-8,12,16-20,24,28-31,37,39,42,44-45,47,49-50,52-53,55-57,60-62,64-76H2,1-4H3,(H,89,90)(H,91,92)/b13-9-,14-10-,15-11-,25-21-,26-22-,27-23-,35-32-,36-33-,40-38-,41-34-,46-43-,51-48-,58-54-,63-59-. The van der Waals surface area contributed by atoms with Crippen molar-refractivity contribution in [1.82, 2.24) is 0 Å². The predicted octanol–water partition coefficient (Wildman–Crippen LogP) is 22.2. The van der Waals surface area contributed by atoms with Gasteiger partial charge in [-0.2, -0.15) is 0 Å². The van der Waals surface area contributed by atoms with E-state index in [0.29, 0.717) is 32.1 Å². The highest BCUT2D eigenvalue weighted by molar-refractivity contribution is 7.47. The minimum absolute atomic E-state index is 0.00522. The largest absolute Gasteiger partial charge is 0.472 e. The van der Waals surface area contributed by atoms with Gasteiger partial charge in [-0.15, -0.1) is 0 Å². The van der Waals surface area contributed by atoms with Gasteiger partial charge >= 0.3 is 39.5 Å². The quantitative estimate of drug-likeness (QED) is 0.0169. The number of carbonyl (C=O) groups excluding carboxylic acids is 4. The van der Waals surface area contributed by atoms with E-state index in [1.54, 1.807) is 6.08 Å². The molecule has 5 unspecified atom stereocenters. The Labute approximate surface area is 616 Å². The molecule has 102 heavy (non-hydrogen) atoms. The zero-order valence-electron chi connectivity index (χ0n) is 63.0. The van der Waals surface area contributed by atoms with Crippen LogP contribution in [-0.4, -0.2) is 96.7 Å². The lowest BCUT2D eigenvalue weighted by atomic mass is 10.1. The normalized spacial score (nSPS) is 14.9. The van der Waals surface area contributed by atoms with E-state index in [1.165, 1.54) is 38.5 Å². The van der Waals surface area contributed by atoms with Crippen molar-refractivity contribution in [3.05, 3.63) is 170 Å². The highest BCUT2D eigenvalue weighted by Gasteiger charge is 2.30. The molecule has 19 heteroatoms. The van der Waals surface area contributed by atoms with Crippen LogP contribution >= 0.6 is 15.6 Å². The highest BCUT2D eigenvalue weighted by Crippen LogP contribution is 2.45. The van der Waals surface area contributed by atoms with Gasteiger partial charge in [-0.1, -0.05) is 288 Å². The summed E-state index contributed by atoms with van der Waals surface area (Å²) in [7, 11) is -10.0. The molecule has 0 heterocycles. The van der Waals surface area contributed by atoms with Crippen LogP contribution in [-0.2, 0) is 65.4 Å². The first-order valence-corrected chi connectivity index (χ1v) is 41.4. The molecule has 0 aromatic heterocycles. The van der Waals surface area contributed by atoms with Gasteiger partial charge in [-0.05, 0) is 128 Å². The summed E-state index contributed by atoms with van der Waals surface area (Å²) in [5.74, 6) is -2.42. The van der Waals surface area contributed by atoms with Crippen LogP contribution in [0.25, 0.3) is 0 Å². The Balaban J connectivity index is 5.47. The van der Waals surface area contributed by atoms with E-state index in [-0.39, 0.29) is 25.7 Å². The fraction of sp³-hybridized carbons (Fsp3) is 0.614. The Morgan fingerprint density at radius 3 is 0.912 bits per heavy atom. The van der Waals surface area contributed by atoms with Crippen molar-refractivity contribution in [3.8, 4) is 0 Å². The number of hydrogen-bond acceptors (Lipinski definition) is 15. The van der Waals surface area contributed by atoms with Crippen LogP contribution in [0.15, 0.2) is 170 Å². The first-order valence-electron chi connectivity index (χ1n) is 38.4. The molecule has 0 aromatic rings. The molecule has 578 valence electrons. The van der Waals surface area contributed by atoms with E-state index in [4.69, 9.17) is 37.0 Å². The maximum Gasteiger partial charge on any atom is 0.472 e. The number of rotatable bonds is 70. The van der Waals surface area contributed by atoms with Gasteiger partial charge in [0.25, 0.3) is 0 Å². The third kappa shape index (κ3) is 72.8. The summed E-state index contributed by atoms with van der Waals surface area (Å²) in [4.78, 5) is 72.8. The van der Waals surface area contributed by atoms with Crippen LogP contribution in [0.3, 0.4) is 0 Å². The number of ether oxygens (including phenoxy) is 4. The number of carbonyl (C=O) groups is 4. The number of hydrogen-bond donors (Lipinski definition) is 3. The van der Waals surface area contributed by atoms with Crippen LogP contribution < -0.4 is 0 Å². The summed E-state index contributed by atoms with van der Waals surface area (Å²) in [6.07, 6.45) is 86.7. The summed E-state index contributed by atoms with van der Waals surface area (Å²) < 4.78 is 68.3. The number of aliphatic hydroxyl groups is 1. The molecular formula is C83H134O17P2. The van der Waals surface area contributed by atoms with E-state index in [0.717, 1.165) is 148 Å². The number of phosphoric acid groups is 2. The molecule has 0 radical (unpaired) electrons. The summed E-state index contributed by atoms with van der Waals surface area (Å²) in [5.41, 5.74) is 0. The third-order valence-electron chi connectivity index (χ3n) is 15.2. The highest BCUT2D eigenvalue weighted by atomic mass is 31.2. The van der Waals surface area contributed by atoms with Crippen molar-refractivity contribution in [2.45, 2.75) is 290 Å².